The third-order valence-electron chi connectivity index (χ3n) is 3.84. The number of nitrogens with one attached hydrogen (secondary N) is 2. The number of aryl methyl sites for hydroxylation is 2. The molecule has 1 aromatic carbocycles. The molecule has 0 bridgehead atoms. The van der Waals surface area contributed by atoms with Crippen molar-refractivity contribution in [2.45, 2.75) is 39.5 Å². The van der Waals surface area contributed by atoms with Crippen LogP contribution < -0.4 is 5.32 Å². The van der Waals surface area contributed by atoms with Crippen LogP contribution in [-0.4, -0.2) is 29.6 Å². The number of carbonyl (C=O) groups is 2. The predicted molar refractivity (Wildman–Crippen MR) is 84.9 cm³/mol. The Balaban J connectivity index is 2.36. The van der Waals surface area contributed by atoms with E-state index in [4.69, 9.17) is 0 Å². The number of hydrogen-bond donors (Lipinski definition) is 2. The minimum atomic E-state index is -2.98. The van der Waals surface area contributed by atoms with Gasteiger partial charge in [-0.15, -0.1) is 0 Å². The molecule has 7 heteroatoms. The quantitative estimate of drug-likeness (QED) is 0.810. The summed E-state index contributed by atoms with van der Waals surface area (Å²) in [7, 11) is 0. The number of carbonyl (C=O) groups excluding carboxylic acids is 2. The lowest BCUT2D eigenvalue weighted by Gasteiger charge is -2.05. The van der Waals surface area contributed by atoms with E-state index >= 15 is 0 Å². The fourth-order valence-electron chi connectivity index (χ4n) is 2.63. The van der Waals surface area contributed by atoms with Crippen LogP contribution in [0, 0.1) is 12.7 Å². The lowest BCUT2D eigenvalue weighted by Crippen LogP contribution is -2.24. The summed E-state index contributed by atoms with van der Waals surface area (Å²) in [6.45, 7) is 3.80. The maximum atomic E-state index is 13.7. The summed E-state index contributed by atoms with van der Waals surface area (Å²) in [5, 5.41) is 3.33. The minimum Gasteiger partial charge on any atom is -0.351 e. The normalized spacial score (nSPS) is 11.2. The Labute approximate surface area is 137 Å². The second-order valence-electron chi connectivity index (χ2n) is 5.61. The maximum Gasteiger partial charge on any atom is 0.295 e. The first kappa shape index (κ1) is 18.0. The Bertz CT molecular complexity index is 769. The van der Waals surface area contributed by atoms with E-state index in [-0.39, 0.29) is 30.9 Å². The molecular weight excluding hydrogens is 321 g/mol. The highest BCUT2D eigenvalue weighted by atomic mass is 19.3. The molecule has 0 unspecified atom stereocenters. The molecular formula is C17H19F3N2O2. The van der Waals surface area contributed by atoms with Gasteiger partial charge in [0.2, 0.25) is 0 Å². The van der Waals surface area contributed by atoms with E-state index in [1.54, 1.807) is 19.9 Å². The van der Waals surface area contributed by atoms with Gasteiger partial charge in [-0.3, -0.25) is 9.59 Å². The number of alkyl halides is 2. The molecule has 0 atom stereocenters. The van der Waals surface area contributed by atoms with Gasteiger partial charge < -0.3 is 10.3 Å². The zero-order valence-electron chi connectivity index (χ0n) is 13.5. The fourth-order valence-corrected chi connectivity index (χ4v) is 2.63. The summed E-state index contributed by atoms with van der Waals surface area (Å²) >= 11 is 0. The largest absolute Gasteiger partial charge is 0.351 e. The molecule has 0 radical (unpaired) electrons. The number of Topliss-reactive ketones (excluding diaryl/α,β-unsaturated/α-hetero) is 1. The molecule has 0 fully saturated rings. The van der Waals surface area contributed by atoms with Crippen LogP contribution in [0.25, 0.3) is 10.9 Å². The monoisotopic (exact) mass is 340 g/mol. The number of ketones is 1. The first-order valence-electron chi connectivity index (χ1n) is 7.74. The van der Waals surface area contributed by atoms with Gasteiger partial charge in [0, 0.05) is 23.9 Å². The van der Waals surface area contributed by atoms with Gasteiger partial charge in [-0.2, -0.15) is 0 Å². The van der Waals surface area contributed by atoms with Crippen LogP contribution in [0.2, 0.25) is 0 Å². The van der Waals surface area contributed by atoms with Gasteiger partial charge in [-0.05, 0) is 49.9 Å². The number of aromatic amines is 1. The summed E-state index contributed by atoms with van der Waals surface area (Å²) < 4.78 is 38.3. The van der Waals surface area contributed by atoms with Gasteiger partial charge in [-0.25, -0.2) is 13.2 Å². The summed E-state index contributed by atoms with van der Waals surface area (Å²) in [5.41, 5.74) is 1.78. The first-order chi connectivity index (χ1) is 11.3. The summed E-state index contributed by atoms with van der Waals surface area (Å²) in [5.74, 6) is -1.86. The molecule has 0 saturated carbocycles. The molecule has 2 aromatic rings. The van der Waals surface area contributed by atoms with Gasteiger partial charge >= 0.3 is 0 Å². The second kappa shape index (κ2) is 7.51. The number of amides is 1. The van der Waals surface area contributed by atoms with Crippen molar-refractivity contribution in [1.29, 1.82) is 0 Å². The molecule has 130 valence electrons. The number of aromatic nitrogens is 1. The standard InChI is InChI=1S/C17H19F3N2O2/c1-3-21-17(24)15-10(5-4-6-14(23)16(19)20)11-7-9(2)12(18)8-13(11)22-15/h7-8,16,22H,3-6H2,1-2H3,(H,21,24). The van der Waals surface area contributed by atoms with Crippen LogP contribution in [0.5, 0.6) is 0 Å². The van der Waals surface area contributed by atoms with Gasteiger partial charge in [0.05, 0.1) is 0 Å². The fraction of sp³-hybridized carbons (Fsp3) is 0.412. The number of hydrogen-bond acceptors (Lipinski definition) is 2. The number of benzene rings is 1. The summed E-state index contributed by atoms with van der Waals surface area (Å²) in [6, 6.07) is 2.93. The molecule has 0 aliphatic heterocycles. The number of fused-ring (bicyclic) bond motifs is 1. The zero-order valence-corrected chi connectivity index (χ0v) is 13.5. The van der Waals surface area contributed by atoms with Crippen molar-refractivity contribution in [3.8, 4) is 0 Å². The summed E-state index contributed by atoms with van der Waals surface area (Å²) in [6.07, 6.45) is -2.78. The lowest BCUT2D eigenvalue weighted by atomic mass is 10.0. The average Bonchev–Trinajstić information content (AvgIpc) is 2.86. The first-order valence-corrected chi connectivity index (χ1v) is 7.74. The van der Waals surface area contributed by atoms with Gasteiger partial charge in [0.15, 0.2) is 5.78 Å². The molecule has 0 aliphatic carbocycles. The van der Waals surface area contributed by atoms with Crippen LogP contribution in [0.4, 0.5) is 13.2 Å². The van der Waals surface area contributed by atoms with Crippen molar-refractivity contribution >= 4 is 22.6 Å². The van der Waals surface area contributed by atoms with Crippen molar-refractivity contribution in [2.24, 2.45) is 0 Å². The number of rotatable bonds is 7. The van der Waals surface area contributed by atoms with E-state index in [0.29, 0.717) is 28.6 Å². The van der Waals surface area contributed by atoms with Crippen molar-refractivity contribution in [3.63, 3.8) is 0 Å². The highest BCUT2D eigenvalue weighted by Gasteiger charge is 2.20. The Kier molecular flexibility index (Phi) is 5.64. The third-order valence-corrected chi connectivity index (χ3v) is 3.84. The van der Waals surface area contributed by atoms with Crippen LogP contribution >= 0.6 is 0 Å². The Morgan fingerprint density at radius 3 is 2.62 bits per heavy atom. The summed E-state index contributed by atoms with van der Waals surface area (Å²) in [4.78, 5) is 26.1. The third kappa shape index (κ3) is 3.77. The lowest BCUT2D eigenvalue weighted by molar-refractivity contribution is -0.129. The van der Waals surface area contributed by atoms with E-state index in [9.17, 15) is 22.8 Å². The van der Waals surface area contributed by atoms with Crippen LogP contribution in [0.15, 0.2) is 12.1 Å². The smallest absolute Gasteiger partial charge is 0.295 e. The Morgan fingerprint density at radius 2 is 2.00 bits per heavy atom. The molecule has 0 saturated heterocycles. The van der Waals surface area contributed by atoms with Gasteiger partial charge in [0.1, 0.15) is 11.5 Å². The average molecular weight is 340 g/mol. The number of halogens is 3. The molecule has 1 heterocycles. The predicted octanol–water partition coefficient (Wildman–Crippen LogP) is 3.52. The van der Waals surface area contributed by atoms with Crippen LogP contribution in [0.3, 0.4) is 0 Å². The topological polar surface area (TPSA) is 62.0 Å². The van der Waals surface area contributed by atoms with E-state index in [0.717, 1.165) is 0 Å². The molecule has 24 heavy (non-hydrogen) atoms. The van der Waals surface area contributed by atoms with Gasteiger partial charge in [-0.1, -0.05) is 0 Å². The maximum absolute atomic E-state index is 13.7. The van der Waals surface area contributed by atoms with Gasteiger partial charge in [0.25, 0.3) is 12.3 Å². The molecule has 1 aromatic heterocycles. The van der Waals surface area contributed by atoms with Crippen molar-refractivity contribution in [3.05, 3.63) is 34.8 Å². The Morgan fingerprint density at radius 1 is 1.29 bits per heavy atom. The highest BCUT2D eigenvalue weighted by Crippen LogP contribution is 2.27. The van der Waals surface area contributed by atoms with Crippen LogP contribution in [0.1, 0.15) is 41.4 Å². The molecule has 4 nitrogen and oxygen atoms in total. The highest BCUT2D eigenvalue weighted by molar-refractivity contribution is 6.01. The van der Waals surface area contributed by atoms with Crippen LogP contribution in [-0.2, 0) is 11.2 Å². The van der Waals surface area contributed by atoms with Crippen molar-refractivity contribution in [2.75, 3.05) is 6.54 Å². The molecule has 0 aliphatic rings. The minimum absolute atomic E-state index is 0.193. The van der Waals surface area contributed by atoms with E-state index in [1.165, 1.54) is 6.07 Å². The van der Waals surface area contributed by atoms with E-state index in [2.05, 4.69) is 10.3 Å². The van der Waals surface area contributed by atoms with Crippen molar-refractivity contribution in [1.82, 2.24) is 10.3 Å². The van der Waals surface area contributed by atoms with E-state index in [1.807, 2.05) is 0 Å². The molecule has 0 spiro atoms. The SMILES string of the molecule is CCNC(=O)c1[nH]c2cc(F)c(C)cc2c1CCCC(=O)C(F)F. The van der Waals surface area contributed by atoms with E-state index < -0.39 is 18.0 Å². The second-order valence-corrected chi connectivity index (χ2v) is 5.61. The molecule has 2 rings (SSSR count). The molecule has 2 N–H and O–H groups in total. The number of H-pyrrole nitrogens is 1. The Hall–Kier alpha value is -2.31. The van der Waals surface area contributed by atoms with Crippen molar-refractivity contribution < 1.29 is 22.8 Å². The molecule has 1 amide bonds. The zero-order chi connectivity index (χ0) is 17.9.